The van der Waals surface area contributed by atoms with Crippen molar-refractivity contribution < 1.29 is 14.3 Å². The van der Waals surface area contributed by atoms with E-state index in [9.17, 15) is 4.79 Å². The fourth-order valence-electron chi connectivity index (χ4n) is 4.33. The van der Waals surface area contributed by atoms with Gasteiger partial charge in [0, 0.05) is 17.7 Å². The zero-order valence-corrected chi connectivity index (χ0v) is 17.9. The molecule has 5 rings (SSSR count). The third-order valence-electron chi connectivity index (χ3n) is 5.83. The zero-order chi connectivity index (χ0) is 22.1. The highest BCUT2D eigenvalue weighted by molar-refractivity contribution is 6.00. The lowest BCUT2D eigenvalue weighted by Gasteiger charge is -2.27. The van der Waals surface area contributed by atoms with Gasteiger partial charge in [0.15, 0.2) is 11.5 Å². The van der Waals surface area contributed by atoms with E-state index in [0.717, 1.165) is 27.9 Å². The van der Waals surface area contributed by atoms with Crippen LogP contribution in [0.4, 0.5) is 0 Å². The molecule has 4 aromatic rings. The molecule has 0 saturated carbocycles. The number of carbonyl (C=O) groups excluding carboxylic acids is 1. The van der Waals surface area contributed by atoms with Crippen molar-refractivity contribution in [2.75, 3.05) is 14.2 Å². The Balaban J connectivity index is 1.67. The Morgan fingerprint density at radius 2 is 1.59 bits per heavy atom. The number of aromatic nitrogens is 2. The number of nitrogens with one attached hydrogen (secondary N) is 1. The highest BCUT2D eigenvalue weighted by Crippen LogP contribution is 2.45. The minimum absolute atomic E-state index is 0.0710. The monoisotopic (exact) mass is 425 g/mol. The van der Waals surface area contributed by atoms with Crippen molar-refractivity contribution in [2.24, 2.45) is 0 Å². The van der Waals surface area contributed by atoms with Crippen LogP contribution in [0.15, 0.2) is 78.9 Å². The summed E-state index contributed by atoms with van der Waals surface area (Å²) in [5.41, 5.74) is 5.15. The van der Waals surface area contributed by atoms with E-state index in [0.29, 0.717) is 23.7 Å². The number of H-pyrrole nitrogens is 1. The fraction of sp³-hybridized carbons (Fsp3) is 0.154. The second kappa shape index (κ2) is 8.23. The highest BCUT2D eigenvalue weighted by Gasteiger charge is 2.42. The quantitative estimate of drug-likeness (QED) is 0.480. The first-order valence-corrected chi connectivity index (χ1v) is 10.4. The molecule has 1 unspecified atom stereocenters. The minimum atomic E-state index is -0.313. The van der Waals surface area contributed by atoms with Crippen LogP contribution < -0.4 is 9.47 Å². The molecule has 1 aliphatic heterocycles. The van der Waals surface area contributed by atoms with Crippen molar-refractivity contribution in [1.82, 2.24) is 15.1 Å². The van der Waals surface area contributed by atoms with Gasteiger partial charge in [0.2, 0.25) is 0 Å². The average Bonchev–Trinajstić information content (AvgIpc) is 3.39. The van der Waals surface area contributed by atoms with Crippen LogP contribution in [0.2, 0.25) is 0 Å². The number of ether oxygens (including phenoxy) is 2. The Kier molecular flexibility index (Phi) is 5.11. The molecule has 0 fully saturated rings. The van der Waals surface area contributed by atoms with Crippen molar-refractivity contribution in [3.63, 3.8) is 0 Å². The summed E-state index contributed by atoms with van der Waals surface area (Å²) in [4.78, 5) is 15.4. The summed E-state index contributed by atoms with van der Waals surface area (Å²) < 4.78 is 11.0. The van der Waals surface area contributed by atoms with Gasteiger partial charge >= 0.3 is 0 Å². The molecule has 0 bridgehead atoms. The minimum Gasteiger partial charge on any atom is -0.493 e. The van der Waals surface area contributed by atoms with Gasteiger partial charge < -0.3 is 14.4 Å². The number of fused-ring (bicyclic) bond motifs is 1. The summed E-state index contributed by atoms with van der Waals surface area (Å²) in [6.07, 6.45) is 0. The predicted molar refractivity (Wildman–Crippen MR) is 122 cm³/mol. The van der Waals surface area contributed by atoms with Crippen molar-refractivity contribution in [1.29, 1.82) is 0 Å². The molecule has 1 N–H and O–H groups in total. The lowest BCUT2D eigenvalue weighted by atomic mass is 9.95. The molecular weight excluding hydrogens is 402 g/mol. The van der Waals surface area contributed by atoms with Crippen molar-refractivity contribution in [2.45, 2.75) is 12.6 Å². The summed E-state index contributed by atoms with van der Waals surface area (Å²) >= 11 is 0. The topological polar surface area (TPSA) is 67.5 Å². The molecule has 3 aromatic carbocycles. The Bertz CT molecular complexity index is 1250. The Morgan fingerprint density at radius 3 is 2.28 bits per heavy atom. The van der Waals surface area contributed by atoms with Gasteiger partial charge in [-0.05, 0) is 23.3 Å². The maximum atomic E-state index is 13.5. The Labute approximate surface area is 186 Å². The molecule has 1 atom stereocenters. The van der Waals surface area contributed by atoms with Crippen LogP contribution in [0, 0.1) is 0 Å². The summed E-state index contributed by atoms with van der Waals surface area (Å²) in [6.45, 7) is 0.482. The molecule has 0 aliphatic carbocycles. The summed E-state index contributed by atoms with van der Waals surface area (Å²) in [6, 6.07) is 25.4. The molecule has 1 aromatic heterocycles. The third kappa shape index (κ3) is 3.30. The highest BCUT2D eigenvalue weighted by atomic mass is 16.5. The van der Waals surface area contributed by atoms with Gasteiger partial charge in [0.05, 0.1) is 26.0 Å². The molecule has 0 radical (unpaired) electrons. The summed E-state index contributed by atoms with van der Waals surface area (Å²) in [5.74, 6) is 1.19. The molecule has 6 heteroatoms. The predicted octanol–water partition coefficient (Wildman–Crippen LogP) is 4.84. The van der Waals surface area contributed by atoms with E-state index >= 15 is 0 Å². The largest absolute Gasteiger partial charge is 0.493 e. The van der Waals surface area contributed by atoms with Crippen LogP contribution >= 0.6 is 0 Å². The van der Waals surface area contributed by atoms with E-state index < -0.39 is 0 Å². The maximum absolute atomic E-state index is 13.5. The lowest BCUT2D eigenvalue weighted by Crippen LogP contribution is -2.29. The molecule has 32 heavy (non-hydrogen) atoms. The van der Waals surface area contributed by atoms with Gasteiger partial charge in [-0.1, -0.05) is 66.7 Å². The van der Waals surface area contributed by atoms with Crippen LogP contribution in [0.1, 0.15) is 33.2 Å². The summed E-state index contributed by atoms with van der Waals surface area (Å²) in [7, 11) is 3.22. The number of amides is 1. The van der Waals surface area contributed by atoms with E-state index in [1.54, 1.807) is 14.2 Å². The Hall–Kier alpha value is -4.06. The number of hydrogen-bond donors (Lipinski definition) is 1. The maximum Gasteiger partial charge on any atom is 0.273 e. The standard InChI is InChI=1S/C26H23N3O3/c1-31-20-14-13-19(15-21(20)32-2)25-22-23(18-11-7-4-8-12-18)27-28-24(22)26(30)29(25)16-17-9-5-3-6-10-17/h3-15,25H,16H2,1-2H3,(H,27,28). The summed E-state index contributed by atoms with van der Waals surface area (Å²) in [5, 5.41) is 7.53. The second-order valence-electron chi connectivity index (χ2n) is 7.66. The number of carbonyl (C=O) groups is 1. The van der Waals surface area contributed by atoms with Gasteiger partial charge in [-0.25, -0.2) is 0 Å². The molecule has 160 valence electrons. The van der Waals surface area contributed by atoms with E-state index in [1.807, 2.05) is 83.8 Å². The molecule has 0 saturated heterocycles. The molecule has 1 amide bonds. The molecule has 0 spiro atoms. The smallest absolute Gasteiger partial charge is 0.273 e. The Morgan fingerprint density at radius 1 is 0.906 bits per heavy atom. The number of benzene rings is 3. The van der Waals surface area contributed by atoms with Crippen LogP contribution in [0.5, 0.6) is 11.5 Å². The van der Waals surface area contributed by atoms with E-state index in [4.69, 9.17) is 9.47 Å². The molecular formula is C26H23N3O3. The zero-order valence-electron chi connectivity index (χ0n) is 17.9. The van der Waals surface area contributed by atoms with Gasteiger partial charge in [-0.3, -0.25) is 9.89 Å². The number of rotatable bonds is 6. The van der Waals surface area contributed by atoms with E-state index in [-0.39, 0.29) is 11.9 Å². The molecule has 1 aliphatic rings. The number of hydrogen-bond acceptors (Lipinski definition) is 4. The fourth-order valence-corrected chi connectivity index (χ4v) is 4.33. The van der Waals surface area contributed by atoms with Crippen LogP contribution in [0.25, 0.3) is 11.3 Å². The van der Waals surface area contributed by atoms with Gasteiger partial charge in [-0.15, -0.1) is 0 Å². The lowest BCUT2D eigenvalue weighted by molar-refractivity contribution is 0.0730. The van der Waals surface area contributed by atoms with Crippen LogP contribution in [-0.2, 0) is 6.54 Å². The van der Waals surface area contributed by atoms with Crippen molar-refractivity contribution >= 4 is 5.91 Å². The van der Waals surface area contributed by atoms with Crippen molar-refractivity contribution in [3.8, 4) is 22.8 Å². The van der Waals surface area contributed by atoms with Crippen LogP contribution in [0.3, 0.4) is 0 Å². The average molecular weight is 425 g/mol. The number of nitrogens with zero attached hydrogens (tertiary/aromatic N) is 2. The molecule has 2 heterocycles. The van der Waals surface area contributed by atoms with Gasteiger partial charge in [0.25, 0.3) is 5.91 Å². The second-order valence-corrected chi connectivity index (χ2v) is 7.66. The SMILES string of the molecule is COc1ccc(C2c3c(-c4ccccc4)n[nH]c3C(=O)N2Cc2ccccc2)cc1OC. The van der Waals surface area contributed by atoms with E-state index in [2.05, 4.69) is 10.2 Å². The molecule has 6 nitrogen and oxygen atoms in total. The van der Waals surface area contributed by atoms with Gasteiger partial charge in [-0.2, -0.15) is 5.10 Å². The third-order valence-corrected chi connectivity index (χ3v) is 5.83. The number of aromatic amines is 1. The first-order valence-electron chi connectivity index (χ1n) is 10.4. The van der Waals surface area contributed by atoms with Gasteiger partial charge in [0.1, 0.15) is 5.69 Å². The normalized spacial score (nSPS) is 15.0. The first-order chi connectivity index (χ1) is 15.7. The van der Waals surface area contributed by atoms with Crippen LogP contribution in [-0.4, -0.2) is 35.2 Å². The van der Waals surface area contributed by atoms with Crippen molar-refractivity contribution in [3.05, 3.63) is 101 Å². The first kappa shape index (κ1) is 19.9. The number of methoxy groups -OCH3 is 2. The van der Waals surface area contributed by atoms with E-state index in [1.165, 1.54) is 0 Å².